The van der Waals surface area contributed by atoms with Gasteiger partial charge in [0.1, 0.15) is 6.61 Å². The van der Waals surface area contributed by atoms with Crippen LogP contribution in [0.25, 0.3) is 0 Å². The van der Waals surface area contributed by atoms with E-state index in [9.17, 15) is 4.79 Å². The summed E-state index contributed by atoms with van der Waals surface area (Å²) in [6.45, 7) is 5.30. The second kappa shape index (κ2) is 4.75. The molecule has 2 rings (SSSR count). The standard InChI is InChI=1S/C10H18N2O2/c13-10-8-12(5-6-14-10)7-9-1-3-11-4-2-9/h9,11H,1-8H2. The fraction of sp³-hybridized carbons (Fsp3) is 0.900. The molecule has 0 aromatic carbocycles. The van der Waals surface area contributed by atoms with Crippen molar-refractivity contribution in [1.82, 2.24) is 10.2 Å². The summed E-state index contributed by atoms with van der Waals surface area (Å²) in [6, 6.07) is 0. The Balaban J connectivity index is 1.75. The van der Waals surface area contributed by atoms with E-state index < -0.39 is 0 Å². The Morgan fingerprint density at radius 1 is 1.43 bits per heavy atom. The molecule has 2 saturated heterocycles. The lowest BCUT2D eigenvalue weighted by Crippen LogP contribution is -2.43. The largest absolute Gasteiger partial charge is 0.463 e. The quantitative estimate of drug-likeness (QED) is 0.626. The van der Waals surface area contributed by atoms with Gasteiger partial charge in [-0.2, -0.15) is 0 Å². The van der Waals surface area contributed by atoms with Crippen LogP contribution in [0.15, 0.2) is 0 Å². The number of esters is 1. The molecule has 2 aliphatic rings. The van der Waals surface area contributed by atoms with Crippen LogP contribution in [0, 0.1) is 5.92 Å². The lowest BCUT2D eigenvalue weighted by molar-refractivity contribution is -0.150. The van der Waals surface area contributed by atoms with Crippen molar-refractivity contribution in [3.63, 3.8) is 0 Å². The molecule has 2 aliphatic heterocycles. The molecular weight excluding hydrogens is 180 g/mol. The number of morpholine rings is 1. The van der Waals surface area contributed by atoms with E-state index in [-0.39, 0.29) is 5.97 Å². The van der Waals surface area contributed by atoms with E-state index in [0.717, 1.165) is 32.1 Å². The van der Waals surface area contributed by atoms with Gasteiger partial charge in [-0.3, -0.25) is 9.69 Å². The Kier molecular flexibility index (Phi) is 3.37. The van der Waals surface area contributed by atoms with Gasteiger partial charge < -0.3 is 10.1 Å². The minimum Gasteiger partial charge on any atom is -0.463 e. The molecule has 0 radical (unpaired) electrons. The van der Waals surface area contributed by atoms with E-state index in [0.29, 0.717) is 13.2 Å². The second-order valence-electron chi connectivity index (χ2n) is 4.15. The topological polar surface area (TPSA) is 41.6 Å². The van der Waals surface area contributed by atoms with Gasteiger partial charge in [0.15, 0.2) is 0 Å². The molecule has 0 saturated carbocycles. The number of hydrogen-bond donors (Lipinski definition) is 1. The monoisotopic (exact) mass is 198 g/mol. The maximum absolute atomic E-state index is 11.0. The Bertz CT molecular complexity index is 202. The van der Waals surface area contributed by atoms with Crippen molar-refractivity contribution in [3.8, 4) is 0 Å². The Morgan fingerprint density at radius 2 is 2.21 bits per heavy atom. The first kappa shape index (κ1) is 9.93. The first-order valence-corrected chi connectivity index (χ1v) is 5.43. The number of hydrogen-bond acceptors (Lipinski definition) is 4. The van der Waals surface area contributed by atoms with Crippen molar-refractivity contribution < 1.29 is 9.53 Å². The van der Waals surface area contributed by atoms with E-state index in [2.05, 4.69) is 10.2 Å². The summed E-state index contributed by atoms with van der Waals surface area (Å²) in [6.07, 6.45) is 2.48. The molecule has 0 aromatic heterocycles. The third-order valence-electron chi connectivity index (χ3n) is 3.00. The van der Waals surface area contributed by atoms with E-state index in [1.807, 2.05) is 0 Å². The number of rotatable bonds is 2. The zero-order valence-electron chi connectivity index (χ0n) is 8.50. The van der Waals surface area contributed by atoms with Crippen LogP contribution in [0.4, 0.5) is 0 Å². The van der Waals surface area contributed by atoms with Crippen LogP contribution in [0.1, 0.15) is 12.8 Å². The summed E-state index contributed by atoms with van der Waals surface area (Å²) >= 11 is 0. The zero-order chi connectivity index (χ0) is 9.80. The van der Waals surface area contributed by atoms with Gasteiger partial charge in [-0.1, -0.05) is 0 Å². The molecule has 0 unspecified atom stereocenters. The lowest BCUT2D eigenvalue weighted by Gasteiger charge is -2.31. The summed E-state index contributed by atoms with van der Waals surface area (Å²) in [5.41, 5.74) is 0. The van der Waals surface area contributed by atoms with Crippen LogP contribution in [-0.4, -0.2) is 50.2 Å². The molecule has 0 aromatic rings. The number of nitrogens with one attached hydrogen (secondary N) is 1. The minimum absolute atomic E-state index is 0.0646. The van der Waals surface area contributed by atoms with Crippen molar-refractivity contribution in [3.05, 3.63) is 0 Å². The first-order valence-electron chi connectivity index (χ1n) is 5.43. The second-order valence-corrected chi connectivity index (χ2v) is 4.15. The SMILES string of the molecule is O=C1CN(CC2CCNCC2)CCO1. The number of nitrogens with zero attached hydrogens (tertiary/aromatic N) is 1. The summed E-state index contributed by atoms with van der Waals surface area (Å²) < 4.78 is 4.90. The molecule has 4 heteroatoms. The Labute approximate surface area is 84.6 Å². The summed E-state index contributed by atoms with van der Waals surface area (Å²) in [4.78, 5) is 13.3. The molecule has 2 heterocycles. The summed E-state index contributed by atoms with van der Waals surface area (Å²) in [5.74, 6) is 0.701. The van der Waals surface area contributed by atoms with Crippen molar-refractivity contribution in [2.45, 2.75) is 12.8 Å². The van der Waals surface area contributed by atoms with Crippen LogP contribution in [0.5, 0.6) is 0 Å². The third kappa shape index (κ3) is 2.69. The predicted octanol–water partition coefficient (Wildman–Crippen LogP) is -0.155. The van der Waals surface area contributed by atoms with E-state index in [4.69, 9.17) is 4.74 Å². The van der Waals surface area contributed by atoms with Crippen molar-refractivity contribution in [2.75, 3.05) is 39.3 Å². The van der Waals surface area contributed by atoms with Gasteiger partial charge in [-0.25, -0.2) is 0 Å². The van der Waals surface area contributed by atoms with Gasteiger partial charge in [-0.15, -0.1) is 0 Å². The number of cyclic esters (lactones) is 1. The smallest absolute Gasteiger partial charge is 0.320 e. The predicted molar refractivity (Wildman–Crippen MR) is 53.0 cm³/mol. The van der Waals surface area contributed by atoms with Crippen LogP contribution >= 0.6 is 0 Å². The first-order chi connectivity index (χ1) is 6.84. The van der Waals surface area contributed by atoms with Crippen molar-refractivity contribution in [2.24, 2.45) is 5.92 Å². The Hall–Kier alpha value is -0.610. The molecule has 14 heavy (non-hydrogen) atoms. The van der Waals surface area contributed by atoms with Gasteiger partial charge in [0, 0.05) is 13.1 Å². The van der Waals surface area contributed by atoms with Crippen molar-refractivity contribution in [1.29, 1.82) is 0 Å². The number of carbonyl (C=O) groups excluding carboxylic acids is 1. The lowest BCUT2D eigenvalue weighted by atomic mass is 9.97. The van der Waals surface area contributed by atoms with Crippen LogP contribution in [0.2, 0.25) is 0 Å². The number of carbonyl (C=O) groups is 1. The molecule has 4 nitrogen and oxygen atoms in total. The van der Waals surface area contributed by atoms with Crippen molar-refractivity contribution >= 4 is 5.97 Å². The highest BCUT2D eigenvalue weighted by molar-refractivity contribution is 5.72. The highest BCUT2D eigenvalue weighted by Crippen LogP contribution is 2.14. The number of piperidine rings is 1. The molecule has 0 atom stereocenters. The van der Waals surface area contributed by atoms with E-state index in [1.54, 1.807) is 0 Å². The van der Waals surface area contributed by atoms with E-state index >= 15 is 0 Å². The van der Waals surface area contributed by atoms with Gasteiger partial charge in [-0.05, 0) is 31.8 Å². The Morgan fingerprint density at radius 3 is 2.93 bits per heavy atom. The highest BCUT2D eigenvalue weighted by Gasteiger charge is 2.22. The normalized spacial score (nSPS) is 26.1. The van der Waals surface area contributed by atoms with Gasteiger partial charge in [0.2, 0.25) is 0 Å². The molecule has 0 aliphatic carbocycles. The molecule has 0 amide bonds. The molecular formula is C10H18N2O2. The summed E-state index contributed by atoms with van der Waals surface area (Å²) in [5, 5.41) is 3.35. The molecule has 2 fully saturated rings. The van der Waals surface area contributed by atoms with Gasteiger partial charge in [0.05, 0.1) is 6.54 Å². The zero-order valence-corrected chi connectivity index (χ0v) is 8.50. The number of ether oxygens (including phenoxy) is 1. The molecule has 80 valence electrons. The maximum Gasteiger partial charge on any atom is 0.320 e. The van der Waals surface area contributed by atoms with Crippen LogP contribution < -0.4 is 5.32 Å². The van der Waals surface area contributed by atoms with Gasteiger partial charge >= 0.3 is 5.97 Å². The fourth-order valence-electron chi connectivity index (χ4n) is 2.18. The van der Waals surface area contributed by atoms with Crippen LogP contribution in [-0.2, 0) is 9.53 Å². The van der Waals surface area contributed by atoms with E-state index in [1.165, 1.54) is 12.8 Å². The molecule has 0 spiro atoms. The third-order valence-corrected chi connectivity index (χ3v) is 3.00. The summed E-state index contributed by atoms with van der Waals surface area (Å²) in [7, 11) is 0. The maximum atomic E-state index is 11.0. The average molecular weight is 198 g/mol. The van der Waals surface area contributed by atoms with Crippen LogP contribution in [0.3, 0.4) is 0 Å². The van der Waals surface area contributed by atoms with Gasteiger partial charge in [0.25, 0.3) is 0 Å². The molecule has 0 bridgehead atoms. The molecule has 1 N–H and O–H groups in total. The average Bonchev–Trinajstić information content (AvgIpc) is 2.19. The minimum atomic E-state index is -0.0646. The highest BCUT2D eigenvalue weighted by atomic mass is 16.5. The fourth-order valence-corrected chi connectivity index (χ4v) is 2.18.